The lowest BCUT2D eigenvalue weighted by Crippen LogP contribution is -2.32. The van der Waals surface area contributed by atoms with E-state index in [0.717, 1.165) is 11.3 Å². The largest absolute Gasteiger partial charge is 0.460 e. The fraction of sp³-hybridized carbons (Fsp3) is 0.133. The normalized spacial score (nSPS) is 10.6. The minimum Gasteiger partial charge on any atom is -0.460 e. The predicted molar refractivity (Wildman–Crippen MR) is 79.0 cm³/mol. The molecule has 0 atom stereocenters. The van der Waals surface area contributed by atoms with Crippen molar-refractivity contribution >= 4 is 23.7 Å². The fourth-order valence-electron chi connectivity index (χ4n) is 1.64. The van der Waals surface area contributed by atoms with Crippen LogP contribution in [0.4, 0.5) is 5.69 Å². The third-order valence-corrected chi connectivity index (χ3v) is 2.60. The first-order chi connectivity index (χ1) is 10.0. The first kappa shape index (κ1) is 14.5. The quantitative estimate of drug-likeness (QED) is 0.514. The summed E-state index contributed by atoms with van der Waals surface area (Å²) in [5.74, 6) is -0.406. The van der Waals surface area contributed by atoms with Crippen LogP contribution in [0, 0.1) is 13.8 Å². The van der Waals surface area contributed by atoms with Crippen LogP contribution in [-0.2, 0) is 9.59 Å². The van der Waals surface area contributed by atoms with Crippen molar-refractivity contribution in [2.24, 2.45) is 5.10 Å². The highest BCUT2D eigenvalue weighted by Gasteiger charge is 2.12. The van der Waals surface area contributed by atoms with E-state index >= 15 is 0 Å². The van der Waals surface area contributed by atoms with Gasteiger partial charge in [-0.2, -0.15) is 5.10 Å². The molecule has 1 heterocycles. The first-order valence-electron chi connectivity index (χ1n) is 6.32. The molecule has 1 aromatic heterocycles. The lowest BCUT2D eigenvalue weighted by atomic mass is 10.2. The number of benzene rings is 1. The van der Waals surface area contributed by atoms with Crippen molar-refractivity contribution in [2.75, 3.05) is 5.32 Å². The van der Waals surface area contributed by atoms with Crippen LogP contribution in [0.1, 0.15) is 17.1 Å². The Morgan fingerprint density at radius 3 is 2.62 bits per heavy atom. The number of nitrogens with one attached hydrogen (secondary N) is 2. The Kier molecular flexibility index (Phi) is 4.50. The number of carbonyl (C=O) groups is 2. The smallest absolute Gasteiger partial charge is 0.329 e. The molecule has 2 rings (SSSR count). The van der Waals surface area contributed by atoms with E-state index in [0.29, 0.717) is 11.4 Å². The minimum absolute atomic E-state index is 0.492. The Labute approximate surface area is 121 Å². The molecule has 0 fully saturated rings. The topological polar surface area (TPSA) is 83.7 Å². The molecule has 0 saturated carbocycles. The second-order valence-corrected chi connectivity index (χ2v) is 4.47. The van der Waals surface area contributed by atoms with Gasteiger partial charge in [0, 0.05) is 5.69 Å². The summed E-state index contributed by atoms with van der Waals surface area (Å²) in [5.41, 5.74) is 3.68. The Hall–Kier alpha value is -2.89. The van der Waals surface area contributed by atoms with Gasteiger partial charge in [0.1, 0.15) is 11.5 Å². The van der Waals surface area contributed by atoms with Gasteiger partial charge in [-0.15, -0.1) is 0 Å². The zero-order chi connectivity index (χ0) is 15.2. The van der Waals surface area contributed by atoms with Crippen molar-refractivity contribution < 1.29 is 14.0 Å². The van der Waals surface area contributed by atoms with Crippen LogP contribution >= 0.6 is 0 Å². The molecule has 6 heteroatoms. The molecule has 0 unspecified atom stereocenters. The van der Waals surface area contributed by atoms with Gasteiger partial charge >= 0.3 is 11.8 Å². The zero-order valence-corrected chi connectivity index (χ0v) is 11.7. The average Bonchev–Trinajstić information content (AvgIpc) is 2.84. The lowest BCUT2D eigenvalue weighted by Gasteiger charge is -2.04. The molecule has 0 radical (unpaired) electrons. The van der Waals surface area contributed by atoms with Crippen LogP contribution in [0.3, 0.4) is 0 Å². The molecule has 0 bridgehead atoms. The number of amides is 2. The van der Waals surface area contributed by atoms with E-state index in [9.17, 15) is 9.59 Å². The first-order valence-corrected chi connectivity index (χ1v) is 6.32. The molecule has 1 aromatic carbocycles. The van der Waals surface area contributed by atoms with Crippen molar-refractivity contribution in [3.8, 4) is 0 Å². The standard InChI is InChI=1S/C15H15N3O3/c1-10-4-3-5-12(8-10)17-14(19)15(20)18-16-9-13-7-6-11(2)21-13/h3-9H,1-2H3,(H,17,19)(H,18,20)/b16-9-. The summed E-state index contributed by atoms with van der Waals surface area (Å²) in [6.45, 7) is 3.69. The molecule has 6 nitrogen and oxygen atoms in total. The van der Waals surface area contributed by atoms with Crippen LogP contribution < -0.4 is 10.7 Å². The molecule has 2 N–H and O–H groups in total. The minimum atomic E-state index is -0.851. The van der Waals surface area contributed by atoms with E-state index in [1.54, 1.807) is 37.3 Å². The Bertz CT molecular complexity index is 689. The fourth-order valence-corrected chi connectivity index (χ4v) is 1.64. The number of carbonyl (C=O) groups excluding carboxylic acids is 2. The SMILES string of the molecule is Cc1cccc(NC(=O)C(=O)N/N=C\c2ccc(C)o2)c1. The third-order valence-electron chi connectivity index (χ3n) is 2.60. The van der Waals surface area contributed by atoms with Gasteiger partial charge in [0.05, 0.1) is 6.21 Å². The number of aryl methyl sites for hydroxylation is 2. The van der Waals surface area contributed by atoms with Crippen molar-refractivity contribution in [1.82, 2.24) is 5.43 Å². The molecule has 2 aromatic rings. The predicted octanol–water partition coefficient (Wildman–Crippen LogP) is 1.99. The van der Waals surface area contributed by atoms with Gasteiger partial charge in [0.2, 0.25) is 0 Å². The van der Waals surface area contributed by atoms with Crippen molar-refractivity contribution in [3.63, 3.8) is 0 Å². The van der Waals surface area contributed by atoms with Gasteiger partial charge < -0.3 is 9.73 Å². The van der Waals surface area contributed by atoms with Crippen LogP contribution in [0.2, 0.25) is 0 Å². The number of rotatable bonds is 3. The molecule has 0 saturated heterocycles. The highest BCUT2D eigenvalue weighted by atomic mass is 16.3. The number of nitrogens with zero attached hydrogens (tertiary/aromatic N) is 1. The second-order valence-electron chi connectivity index (χ2n) is 4.47. The number of hydrogen-bond acceptors (Lipinski definition) is 4. The molecule has 2 amide bonds. The van der Waals surface area contributed by atoms with Crippen LogP contribution in [0.25, 0.3) is 0 Å². The van der Waals surface area contributed by atoms with E-state index < -0.39 is 11.8 Å². The maximum Gasteiger partial charge on any atom is 0.329 e. The number of furan rings is 1. The third kappa shape index (κ3) is 4.31. The summed E-state index contributed by atoms with van der Waals surface area (Å²) in [6, 6.07) is 10.6. The van der Waals surface area contributed by atoms with Gasteiger partial charge in [-0.25, -0.2) is 5.43 Å². The monoisotopic (exact) mass is 285 g/mol. The number of hydrazone groups is 1. The van der Waals surface area contributed by atoms with E-state index in [4.69, 9.17) is 4.42 Å². The molecule has 108 valence electrons. The molecule has 0 spiro atoms. The molecule has 0 aliphatic rings. The van der Waals surface area contributed by atoms with E-state index in [1.807, 2.05) is 13.0 Å². The summed E-state index contributed by atoms with van der Waals surface area (Å²) < 4.78 is 5.23. The van der Waals surface area contributed by atoms with Crippen LogP contribution in [0.15, 0.2) is 45.9 Å². The van der Waals surface area contributed by atoms with Gasteiger partial charge in [-0.3, -0.25) is 9.59 Å². The Balaban J connectivity index is 1.88. The molecule has 0 aliphatic carbocycles. The van der Waals surface area contributed by atoms with Crippen molar-refractivity contribution in [3.05, 3.63) is 53.5 Å². The molecule has 21 heavy (non-hydrogen) atoms. The number of anilines is 1. The molecular weight excluding hydrogens is 270 g/mol. The highest BCUT2D eigenvalue weighted by Crippen LogP contribution is 2.09. The lowest BCUT2D eigenvalue weighted by molar-refractivity contribution is -0.136. The molecular formula is C15H15N3O3. The number of hydrogen-bond donors (Lipinski definition) is 2. The van der Waals surface area contributed by atoms with Gasteiger partial charge in [0.15, 0.2) is 0 Å². The van der Waals surface area contributed by atoms with Gasteiger partial charge in [-0.05, 0) is 43.7 Å². The van der Waals surface area contributed by atoms with E-state index in [-0.39, 0.29) is 0 Å². The van der Waals surface area contributed by atoms with E-state index in [1.165, 1.54) is 6.21 Å². The van der Waals surface area contributed by atoms with Crippen LogP contribution in [-0.4, -0.2) is 18.0 Å². The van der Waals surface area contributed by atoms with Crippen LogP contribution in [0.5, 0.6) is 0 Å². The average molecular weight is 285 g/mol. The summed E-state index contributed by atoms with van der Waals surface area (Å²) >= 11 is 0. The summed E-state index contributed by atoms with van der Waals surface area (Å²) in [7, 11) is 0. The molecule has 0 aliphatic heterocycles. The van der Waals surface area contributed by atoms with Crippen molar-refractivity contribution in [2.45, 2.75) is 13.8 Å². The maximum absolute atomic E-state index is 11.6. The summed E-state index contributed by atoms with van der Waals surface area (Å²) in [6.07, 6.45) is 1.32. The van der Waals surface area contributed by atoms with E-state index in [2.05, 4.69) is 15.8 Å². The Morgan fingerprint density at radius 2 is 1.95 bits per heavy atom. The summed E-state index contributed by atoms with van der Waals surface area (Å²) in [4.78, 5) is 23.2. The highest BCUT2D eigenvalue weighted by molar-refractivity contribution is 6.39. The summed E-state index contributed by atoms with van der Waals surface area (Å²) in [5, 5.41) is 6.14. The Morgan fingerprint density at radius 1 is 1.14 bits per heavy atom. The van der Waals surface area contributed by atoms with Crippen molar-refractivity contribution in [1.29, 1.82) is 0 Å². The maximum atomic E-state index is 11.6. The second kappa shape index (κ2) is 6.51. The van der Waals surface area contributed by atoms with Gasteiger partial charge in [0.25, 0.3) is 0 Å². The zero-order valence-electron chi connectivity index (χ0n) is 11.7. The van der Waals surface area contributed by atoms with Gasteiger partial charge in [-0.1, -0.05) is 12.1 Å².